The number of hydrogen-bond donors (Lipinski definition) is 2. The summed E-state index contributed by atoms with van der Waals surface area (Å²) in [6, 6.07) is 8.87. The predicted octanol–water partition coefficient (Wildman–Crippen LogP) is 2.95. The van der Waals surface area contributed by atoms with E-state index in [1.807, 2.05) is 18.2 Å². The van der Waals surface area contributed by atoms with Crippen LogP contribution in [0.3, 0.4) is 0 Å². The molecule has 0 aliphatic heterocycles. The van der Waals surface area contributed by atoms with Gasteiger partial charge in [0.25, 0.3) is 0 Å². The molecular weight excluding hydrogens is 285 g/mol. The third kappa shape index (κ3) is 3.16. The second-order valence-electron chi connectivity index (χ2n) is 3.91. The molecule has 0 bridgehead atoms. The molecule has 0 spiro atoms. The molecule has 2 aromatic rings. The Hall–Kier alpha value is -1.33. The quantitative estimate of drug-likeness (QED) is 0.517. The van der Waals surface area contributed by atoms with Crippen molar-refractivity contribution in [3.8, 4) is 5.75 Å². The van der Waals surface area contributed by atoms with Gasteiger partial charge in [0.05, 0.1) is 18.2 Å². The maximum atomic E-state index is 6.01. The standard InChI is InChI=1S/C13H13Cl2N3O/c1-19-11-6-8(2-3-10(11)14)13(18-16)9-4-5-17-12(15)7-9/h2-7,13,18H,16H2,1H3. The van der Waals surface area contributed by atoms with E-state index < -0.39 is 0 Å². The largest absolute Gasteiger partial charge is 0.495 e. The van der Waals surface area contributed by atoms with Crippen LogP contribution in [-0.2, 0) is 0 Å². The monoisotopic (exact) mass is 297 g/mol. The number of pyridine rings is 1. The fourth-order valence-electron chi connectivity index (χ4n) is 1.84. The van der Waals surface area contributed by atoms with Crippen LogP contribution in [-0.4, -0.2) is 12.1 Å². The van der Waals surface area contributed by atoms with Crippen molar-refractivity contribution in [2.24, 2.45) is 5.84 Å². The molecule has 4 nitrogen and oxygen atoms in total. The normalized spacial score (nSPS) is 12.2. The lowest BCUT2D eigenvalue weighted by atomic mass is 10.00. The average molecular weight is 298 g/mol. The Morgan fingerprint density at radius 1 is 1.21 bits per heavy atom. The Bertz CT molecular complexity index is 578. The molecular formula is C13H13Cl2N3O. The molecule has 0 fully saturated rings. The van der Waals surface area contributed by atoms with E-state index in [0.717, 1.165) is 11.1 Å². The number of halogens is 2. The fourth-order valence-corrected chi connectivity index (χ4v) is 2.21. The molecule has 3 N–H and O–H groups in total. The van der Waals surface area contributed by atoms with Crippen molar-refractivity contribution < 1.29 is 4.74 Å². The zero-order chi connectivity index (χ0) is 13.8. The minimum Gasteiger partial charge on any atom is -0.495 e. The minimum absolute atomic E-state index is 0.216. The van der Waals surface area contributed by atoms with Crippen molar-refractivity contribution in [1.82, 2.24) is 10.4 Å². The van der Waals surface area contributed by atoms with Crippen molar-refractivity contribution in [2.45, 2.75) is 6.04 Å². The van der Waals surface area contributed by atoms with Gasteiger partial charge in [-0.3, -0.25) is 5.84 Å². The second kappa shape index (κ2) is 6.21. The van der Waals surface area contributed by atoms with Crippen LogP contribution in [0.1, 0.15) is 17.2 Å². The molecule has 0 aliphatic rings. The third-order valence-corrected chi connectivity index (χ3v) is 3.28. The van der Waals surface area contributed by atoms with Gasteiger partial charge in [0.15, 0.2) is 0 Å². The van der Waals surface area contributed by atoms with Gasteiger partial charge in [-0.05, 0) is 35.4 Å². The van der Waals surface area contributed by atoms with Gasteiger partial charge in [0.1, 0.15) is 10.9 Å². The zero-order valence-electron chi connectivity index (χ0n) is 10.2. The summed E-state index contributed by atoms with van der Waals surface area (Å²) in [5.74, 6) is 6.23. The van der Waals surface area contributed by atoms with E-state index in [9.17, 15) is 0 Å². The van der Waals surface area contributed by atoms with Crippen LogP contribution in [0.4, 0.5) is 0 Å². The molecule has 19 heavy (non-hydrogen) atoms. The molecule has 1 aromatic heterocycles. The summed E-state index contributed by atoms with van der Waals surface area (Å²) in [6.45, 7) is 0. The molecule has 2 rings (SSSR count). The van der Waals surface area contributed by atoms with E-state index in [1.165, 1.54) is 0 Å². The van der Waals surface area contributed by atoms with Gasteiger partial charge in [0, 0.05) is 6.20 Å². The summed E-state index contributed by atoms with van der Waals surface area (Å²) in [6.07, 6.45) is 1.63. The van der Waals surface area contributed by atoms with Crippen molar-refractivity contribution in [3.63, 3.8) is 0 Å². The van der Waals surface area contributed by atoms with Crippen molar-refractivity contribution in [3.05, 3.63) is 57.8 Å². The van der Waals surface area contributed by atoms with Crippen LogP contribution in [0.2, 0.25) is 10.2 Å². The van der Waals surface area contributed by atoms with Gasteiger partial charge >= 0.3 is 0 Å². The molecule has 100 valence electrons. The van der Waals surface area contributed by atoms with Crippen LogP contribution >= 0.6 is 23.2 Å². The highest BCUT2D eigenvalue weighted by Crippen LogP contribution is 2.30. The molecule has 0 saturated heterocycles. The van der Waals surface area contributed by atoms with Crippen molar-refractivity contribution in [1.29, 1.82) is 0 Å². The van der Waals surface area contributed by atoms with E-state index in [-0.39, 0.29) is 6.04 Å². The summed E-state index contributed by atoms with van der Waals surface area (Å²) in [5.41, 5.74) is 4.58. The Morgan fingerprint density at radius 3 is 2.58 bits per heavy atom. The molecule has 0 aliphatic carbocycles. The summed E-state index contributed by atoms with van der Waals surface area (Å²) < 4.78 is 5.20. The van der Waals surface area contributed by atoms with Crippen LogP contribution in [0.5, 0.6) is 5.75 Å². The summed E-state index contributed by atoms with van der Waals surface area (Å²) in [5, 5.41) is 0.966. The smallest absolute Gasteiger partial charge is 0.137 e. The second-order valence-corrected chi connectivity index (χ2v) is 4.70. The lowest BCUT2D eigenvalue weighted by Gasteiger charge is -2.18. The van der Waals surface area contributed by atoms with Gasteiger partial charge in [0.2, 0.25) is 0 Å². The number of hydrazine groups is 1. The highest BCUT2D eigenvalue weighted by molar-refractivity contribution is 6.32. The SMILES string of the molecule is COc1cc(C(NN)c2ccnc(Cl)c2)ccc1Cl. The molecule has 1 aromatic carbocycles. The maximum Gasteiger partial charge on any atom is 0.137 e. The van der Waals surface area contributed by atoms with Crippen LogP contribution in [0, 0.1) is 0 Å². The number of nitrogens with zero attached hydrogens (tertiary/aromatic N) is 1. The first-order chi connectivity index (χ1) is 9.15. The summed E-state index contributed by atoms with van der Waals surface area (Å²) >= 11 is 11.9. The first-order valence-corrected chi connectivity index (χ1v) is 6.32. The number of aromatic nitrogens is 1. The number of rotatable bonds is 4. The first kappa shape index (κ1) is 14.1. The Labute approximate surface area is 121 Å². The number of nitrogens with two attached hydrogens (primary N) is 1. The summed E-state index contributed by atoms with van der Waals surface area (Å²) in [7, 11) is 1.57. The average Bonchev–Trinajstić information content (AvgIpc) is 2.41. The van der Waals surface area contributed by atoms with Crippen molar-refractivity contribution >= 4 is 23.2 Å². The number of ether oxygens (including phenoxy) is 1. The zero-order valence-corrected chi connectivity index (χ0v) is 11.7. The van der Waals surface area contributed by atoms with Gasteiger partial charge in [-0.1, -0.05) is 29.3 Å². The molecule has 1 atom stereocenters. The van der Waals surface area contributed by atoms with Crippen LogP contribution in [0.25, 0.3) is 0 Å². The number of hydrogen-bond acceptors (Lipinski definition) is 4. The van der Waals surface area contributed by atoms with Crippen LogP contribution < -0.4 is 16.0 Å². The third-order valence-electron chi connectivity index (χ3n) is 2.76. The topological polar surface area (TPSA) is 60.2 Å². The van der Waals surface area contributed by atoms with E-state index >= 15 is 0 Å². The number of nitrogens with one attached hydrogen (secondary N) is 1. The first-order valence-electron chi connectivity index (χ1n) is 5.56. The Morgan fingerprint density at radius 2 is 1.95 bits per heavy atom. The molecule has 0 saturated carbocycles. The molecule has 6 heteroatoms. The Kier molecular flexibility index (Phi) is 4.61. The fraction of sp³-hybridized carbons (Fsp3) is 0.154. The van der Waals surface area contributed by atoms with E-state index in [2.05, 4.69) is 10.4 Å². The van der Waals surface area contributed by atoms with E-state index in [0.29, 0.717) is 15.9 Å². The molecule has 0 amide bonds. The minimum atomic E-state index is -0.216. The lowest BCUT2D eigenvalue weighted by molar-refractivity contribution is 0.414. The van der Waals surface area contributed by atoms with Crippen molar-refractivity contribution in [2.75, 3.05) is 7.11 Å². The number of benzene rings is 1. The predicted molar refractivity (Wildman–Crippen MR) is 76.4 cm³/mol. The van der Waals surface area contributed by atoms with Gasteiger partial charge in [-0.2, -0.15) is 0 Å². The van der Waals surface area contributed by atoms with Gasteiger partial charge in [-0.25, -0.2) is 10.4 Å². The number of methoxy groups -OCH3 is 1. The highest BCUT2D eigenvalue weighted by atomic mass is 35.5. The molecule has 1 heterocycles. The Balaban J connectivity index is 2.42. The van der Waals surface area contributed by atoms with Gasteiger partial charge < -0.3 is 4.74 Å². The summed E-state index contributed by atoms with van der Waals surface area (Å²) in [4.78, 5) is 3.95. The van der Waals surface area contributed by atoms with Gasteiger partial charge in [-0.15, -0.1) is 0 Å². The molecule has 0 radical (unpaired) electrons. The van der Waals surface area contributed by atoms with E-state index in [4.69, 9.17) is 33.8 Å². The molecule has 1 unspecified atom stereocenters. The van der Waals surface area contributed by atoms with E-state index in [1.54, 1.807) is 25.4 Å². The maximum absolute atomic E-state index is 6.01. The lowest BCUT2D eigenvalue weighted by Crippen LogP contribution is -2.28. The van der Waals surface area contributed by atoms with Crippen LogP contribution in [0.15, 0.2) is 36.5 Å². The highest BCUT2D eigenvalue weighted by Gasteiger charge is 2.15.